The summed E-state index contributed by atoms with van der Waals surface area (Å²) >= 11 is 0. The molecule has 1 aromatic heterocycles. The zero-order valence-corrected chi connectivity index (χ0v) is 13.6. The summed E-state index contributed by atoms with van der Waals surface area (Å²) in [6.07, 6.45) is 1.81. The maximum atomic E-state index is 9.16. The topological polar surface area (TPSA) is 58.8 Å². The molecule has 4 heteroatoms. The molecule has 1 heterocycles. The van der Waals surface area contributed by atoms with Gasteiger partial charge in [0.25, 0.3) is 0 Å². The molecule has 0 atom stereocenters. The van der Waals surface area contributed by atoms with Gasteiger partial charge in [0.05, 0.1) is 12.8 Å². The van der Waals surface area contributed by atoms with Gasteiger partial charge in [0.15, 0.2) is 0 Å². The molecule has 4 nitrogen and oxygen atoms in total. The fraction of sp³-hybridized carbons (Fsp3) is 0.389. The Morgan fingerprint density at radius 3 is 2.59 bits per heavy atom. The maximum absolute atomic E-state index is 9.16. The Balaban J connectivity index is 2.61. The molecule has 0 aliphatic rings. The molecule has 114 valence electrons. The van der Waals surface area contributed by atoms with Gasteiger partial charge < -0.3 is 4.74 Å². The largest absolute Gasteiger partial charge is 0.496 e. The minimum Gasteiger partial charge on any atom is -0.496 e. The third kappa shape index (κ3) is 3.43. The lowest BCUT2D eigenvalue weighted by molar-refractivity contribution is 0.416. The van der Waals surface area contributed by atoms with Gasteiger partial charge >= 0.3 is 0 Å². The molecule has 0 saturated carbocycles. The van der Waals surface area contributed by atoms with Crippen LogP contribution in [0.5, 0.6) is 5.75 Å². The van der Waals surface area contributed by atoms with E-state index in [9.17, 15) is 0 Å². The van der Waals surface area contributed by atoms with Crippen LogP contribution in [0.3, 0.4) is 0 Å². The van der Waals surface area contributed by atoms with E-state index in [0.29, 0.717) is 5.92 Å². The predicted octanol–water partition coefficient (Wildman–Crippen LogP) is 4.10. The zero-order chi connectivity index (χ0) is 16.1. The minimum absolute atomic E-state index is 0.206. The second-order valence-electron chi connectivity index (χ2n) is 5.54. The van der Waals surface area contributed by atoms with Crippen molar-refractivity contribution in [3.05, 3.63) is 41.3 Å². The van der Waals surface area contributed by atoms with E-state index in [1.54, 1.807) is 7.11 Å². The lowest BCUT2D eigenvalue weighted by Gasteiger charge is -2.13. The van der Waals surface area contributed by atoms with Crippen LogP contribution in [0.15, 0.2) is 24.3 Å². The fourth-order valence-electron chi connectivity index (χ4n) is 2.35. The number of methoxy groups -OCH3 is 1. The van der Waals surface area contributed by atoms with Crippen LogP contribution < -0.4 is 4.74 Å². The molecule has 0 amide bonds. The van der Waals surface area contributed by atoms with Crippen LogP contribution in [-0.4, -0.2) is 17.1 Å². The van der Waals surface area contributed by atoms with Crippen molar-refractivity contribution in [2.75, 3.05) is 7.11 Å². The van der Waals surface area contributed by atoms with Gasteiger partial charge in [-0.05, 0) is 36.1 Å². The molecular formula is C18H21N3O. The van der Waals surface area contributed by atoms with E-state index in [-0.39, 0.29) is 5.82 Å². The highest BCUT2D eigenvalue weighted by atomic mass is 16.5. The van der Waals surface area contributed by atoms with Crippen molar-refractivity contribution in [2.24, 2.45) is 0 Å². The van der Waals surface area contributed by atoms with Crippen molar-refractivity contribution in [2.45, 2.75) is 39.5 Å². The van der Waals surface area contributed by atoms with Crippen molar-refractivity contribution < 1.29 is 4.74 Å². The first kappa shape index (κ1) is 16.0. The first-order valence-electron chi connectivity index (χ1n) is 7.55. The Morgan fingerprint density at radius 2 is 2.00 bits per heavy atom. The Kier molecular flexibility index (Phi) is 5.11. The summed E-state index contributed by atoms with van der Waals surface area (Å²) in [5.41, 5.74) is 3.75. The highest BCUT2D eigenvalue weighted by Gasteiger charge is 2.13. The van der Waals surface area contributed by atoms with Crippen molar-refractivity contribution >= 4 is 0 Å². The summed E-state index contributed by atoms with van der Waals surface area (Å²) < 4.78 is 5.46. The molecule has 0 unspecified atom stereocenters. The van der Waals surface area contributed by atoms with Gasteiger partial charge in [-0.3, -0.25) is 0 Å². The molecule has 1 aromatic carbocycles. The van der Waals surface area contributed by atoms with E-state index in [0.717, 1.165) is 35.5 Å². The molecule has 0 N–H and O–H groups in total. The second-order valence-corrected chi connectivity index (χ2v) is 5.54. The first-order chi connectivity index (χ1) is 10.6. The van der Waals surface area contributed by atoms with Gasteiger partial charge in [0.2, 0.25) is 5.82 Å². The molecule has 0 aliphatic carbocycles. The highest BCUT2D eigenvalue weighted by Crippen LogP contribution is 2.32. The van der Waals surface area contributed by atoms with Crippen molar-refractivity contribution in [1.29, 1.82) is 5.26 Å². The average molecular weight is 295 g/mol. The summed E-state index contributed by atoms with van der Waals surface area (Å²) in [6.45, 7) is 6.39. The normalized spacial score (nSPS) is 10.5. The quantitative estimate of drug-likeness (QED) is 0.833. The third-order valence-corrected chi connectivity index (χ3v) is 3.55. The van der Waals surface area contributed by atoms with Gasteiger partial charge in [-0.2, -0.15) is 5.26 Å². The number of aromatic nitrogens is 2. The smallest absolute Gasteiger partial charge is 0.233 e. The molecule has 0 bridgehead atoms. The lowest BCUT2D eigenvalue weighted by atomic mass is 9.98. The molecule has 0 saturated heterocycles. The van der Waals surface area contributed by atoms with Crippen molar-refractivity contribution in [3.63, 3.8) is 0 Å². The van der Waals surface area contributed by atoms with Crippen molar-refractivity contribution in [1.82, 2.24) is 9.97 Å². The molecule has 2 aromatic rings. The SMILES string of the molecule is CCCc1cc(-c2cc(C(C)C)ccc2OC)nc(C#N)n1. The number of nitrogens with zero attached hydrogens (tertiary/aromatic N) is 3. The molecule has 22 heavy (non-hydrogen) atoms. The second kappa shape index (κ2) is 7.04. The van der Waals surface area contributed by atoms with Crippen LogP contribution >= 0.6 is 0 Å². The van der Waals surface area contributed by atoms with Gasteiger partial charge in [0, 0.05) is 11.3 Å². The van der Waals surface area contributed by atoms with E-state index >= 15 is 0 Å². The molecule has 0 aliphatic heterocycles. The van der Waals surface area contributed by atoms with Gasteiger partial charge in [-0.15, -0.1) is 0 Å². The number of benzene rings is 1. The maximum Gasteiger partial charge on any atom is 0.233 e. The van der Waals surface area contributed by atoms with E-state index < -0.39 is 0 Å². The lowest BCUT2D eigenvalue weighted by Crippen LogP contribution is -2.00. The Morgan fingerprint density at radius 1 is 1.23 bits per heavy atom. The van der Waals surface area contributed by atoms with Gasteiger partial charge in [-0.1, -0.05) is 33.3 Å². The van der Waals surface area contributed by atoms with Gasteiger partial charge in [-0.25, -0.2) is 9.97 Å². The predicted molar refractivity (Wildman–Crippen MR) is 86.8 cm³/mol. The van der Waals surface area contributed by atoms with Crippen LogP contribution in [0.4, 0.5) is 0 Å². The molecule has 0 radical (unpaired) electrons. The number of ether oxygens (including phenoxy) is 1. The first-order valence-corrected chi connectivity index (χ1v) is 7.55. The fourth-order valence-corrected chi connectivity index (χ4v) is 2.35. The van der Waals surface area contributed by atoms with Crippen LogP contribution in [0.2, 0.25) is 0 Å². The van der Waals surface area contributed by atoms with Crippen LogP contribution in [-0.2, 0) is 6.42 Å². The number of nitriles is 1. The molecule has 0 fully saturated rings. The van der Waals surface area contributed by atoms with Crippen LogP contribution in [0, 0.1) is 11.3 Å². The summed E-state index contributed by atoms with van der Waals surface area (Å²) in [6, 6.07) is 10.1. The molecule has 2 rings (SSSR count). The summed E-state index contributed by atoms with van der Waals surface area (Å²) in [5.74, 6) is 1.38. The Labute approximate surface area is 131 Å². The summed E-state index contributed by atoms with van der Waals surface area (Å²) in [7, 11) is 1.65. The number of rotatable bonds is 5. The third-order valence-electron chi connectivity index (χ3n) is 3.55. The van der Waals surface area contributed by atoms with E-state index in [2.05, 4.69) is 42.9 Å². The van der Waals surface area contributed by atoms with E-state index in [1.165, 1.54) is 5.56 Å². The Bertz CT molecular complexity index is 702. The average Bonchev–Trinajstić information content (AvgIpc) is 2.54. The van der Waals surface area contributed by atoms with Crippen LogP contribution in [0.25, 0.3) is 11.3 Å². The van der Waals surface area contributed by atoms with E-state index in [4.69, 9.17) is 10.00 Å². The number of aryl methyl sites for hydroxylation is 1. The van der Waals surface area contributed by atoms with E-state index in [1.807, 2.05) is 18.2 Å². The standard InChI is InChI=1S/C18H21N3O/c1-5-6-14-10-16(21-18(11-19)20-14)15-9-13(12(2)3)7-8-17(15)22-4/h7-10,12H,5-6H2,1-4H3. The number of hydrogen-bond acceptors (Lipinski definition) is 4. The minimum atomic E-state index is 0.206. The molecule has 0 spiro atoms. The summed E-state index contributed by atoms with van der Waals surface area (Å²) in [4.78, 5) is 8.63. The monoisotopic (exact) mass is 295 g/mol. The summed E-state index contributed by atoms with van der Waals surface area (Å²) in [5, 5.41) is 9.16. The van der Waals surface area contributed by atoms with Gasteiger partial charge in [0.1, 0.15) is 11.8 Å². The molecular weight excluding hydrogens is 274 g/mol. The zero-order valence-electron chi connectivity index (χ0n) is 13.6. The highest BCUT2D eigenvalue weighted by molar-refractivity contribution is 5.68. The van der Waals surface area contributed by atoms with Crippen molar-refractivity contribution in [3.8, 4) is 23.1 Å². The Hall–Kier alpha value is -2.41. The van der Waals surface area contributed by atoms with Crippen LogP contribution in [0.1, 0.15) is 50.2 Å². The number of hydrogen-bond donors (Lipinski definition) is 0.